The molecule has 0 bridgehead atoms. The summed E-state index contributed by atoms with van der Waals surface area (Å²) in [4.78, 5) is 28.0. The third-order valence-electron chi connectivity index (χ3n) is 7.83. The minimum Gasteiger partial charge on any atom is -0.497 e. The number of para-hydroxylation sites is 1. The van der Waals surface area contributed by atoms with Gasteiger partial charge in [-0.05, 0) is 72.9 Å². The number of piperidine rings is 1. The number of amides is 2. The highest BCUT2D eigenvalue weighted by Gasteiger charge is 2.32. The van der Waals surface area contributed by atoms with Crippen molar-refractivity contribution in [2.24, 2.45) is 11.8 Å². The Hall–Kier alpha value is -3.84. The Morgan fingerprint density at radius 1 is 0.927 bits per heavy atom. The summed E-state index contributed by atoms with van der Waals surface area (Å²) >= 11 is 0. The second kappa shape index (κ2) is 15.8. The number of rotatable bonds is 14. The van der Waals surface area contributed by atoms with E-state index in [2.05, 4.69) is 10.6 Å². The first-order chi connectivity index (χ1) is 20.0. The number of methoxy groups -OCH3 is 1. The third kappa shape index (κ3) is 9.64. The van der Waals surface area contributed by atoms with Crippen molar-refractivity contribution >= 4 is 11.8 Å². The van der Waals surface area contributed by atoms with Gasteiger partial charge in [0.15, 0.2) is 0 Å². The lowest BCUT2D eigenvalue weighted by atomic mass is 9.80. The molecule has 0 spiro atoms. The van der Waals surface area contributed by atoms with Gasteiger partial charge in [-0.3, -0.25) is 9.59 Å². The highest BCUT2D eigenvalue weighted by atomic mass is 16.5. The number of carbonyl (C=O) groups excluding carboxylic acids is 2. The van der Waals surface area contributed by atoms with Crippen molar-refractivity contribution in [1.82, 2.24) is 15.5 Å². The van der Waals surface area contributed by atoms with Gasteiger partial charge in [-0.15, -0.1) is 0 Å². The molecule has 1 aliphatic heterocycles. The molecule has 0 aliphatic carbocycles. The molecule has 1 heterocycles. The number of ether oxygens (including phenoxy) is 2. The maximum absolute atomic E-state index is 13.1. The van der Waals surface area contributed by atoms with Gasteiger partial charge < -0.3 is 25.0 Å². The van der Waals surface area contributed by atoms with Crippen molar-refractivity contribution in [1.29, 1.82) is 0 Å². The summed E-state index contributed by atoms with van der Waals surface area (Å²) in [6.07, 6.45) is 3.08. The highest BCUT2D eigenvalue weighted by molar-refractivity contribution is 5.78. The molecule has 2 N–H and O–H groups in total. The van der Waals surface area contributed by atoms with Crippen LogP contribution in [0.4, 0.5) is 0 Å². The fraction of sp³-hybridized carbons (Fsp3) is 0.412. The van der Waals surface area contributed by atoms with Crippen molar-refractivity contribution in [2.75, 3.05) is 33.4 Å². The van der Waals surface area contributed by atoms with E-state index in [1.807, 2.05) is 90.7 Å². The molecule has 3 aromatic carbocycles. The van der Waals surface area contributed by atoms with Gasteiger partial charge in [-0.2, -0.15) is 0 Å². The zero-order chi connectivity index (χ0) is 28.9. The van der Waals surface area contributed by atoms with Crippen molar-refractivity contribution in [3.05, 3.63) is 95.6 Å². The quantitative estimate of drug-likeness (QED) is 0.269. The number of likely N-dealkylation sites (tertiary alicyclic amines) is 1. The van der Waals surface area contributed by atoms with Gasteiger partial charge >= 0.3 is 0 Å². The maximum atomic E-state index is 13.1. The van der Waals surface area contributed by atoms with Crippen molar-refractivity contribution < 1.29 is 19.1 Å². The Labute approximate surface area is 244 Å². The van der Waals surface area contributed by atoms with Crippen molar-refractivity contribution in [3.8, 4) is 11.5 Å². The Kier molecular flexibility index (Phi) is 11.6. The Morgan fingerprint density at radius 3 is 2.51 bits per heavy atom. The lowest BCUT2D eigenvalue weighted by molar-refractivity contribution is -0.133. The Balaban J connectivity index is 1.29. The molecule has 7 nitrogen and oxygen atoms in total. The molecule has 2 atom stereocenters. The lowest BCUT2D eigenvalue weighted by Gasteiger charge is -2.38. The SMILES string of the molecule is COc1cccc(CNCC(=O)N2CC[C@@H](CC(=O)NCc3ccccc3)[C@@H](CCCOc3ccccc3C)C2)c1. The van der Waals surface area contributed by atoms with Crippen LogP contribution in [0.15, 0.2) is 78.9 Å². The normalized spacial score (nSPS) is 16.7. The predicted octanol–water partition coefficient (Wildman–Crippen LogP) is 5.12. The van der Waals surface area contributed by atoms with Gasteiger partial charge in [0.05, 0.1) is 20.3 Å². The van der Waals surface area contributed by atoms with Crippen molar-refractivity contribution in [3.63, 3.8) is 0 Å². The average Bonchev–Trinajstić information content (AvgIpc) is 3.00. The van der Waals surface area contributed by atoms with Crippen LogP contribution in [-0.2, 0) is 22.7 Å². The minimum atomic E-state index is 0.0692. The van der Waals surface area contributed by atoms with E-state index in [0.29, 0.717) is 39.2 Å². The molecule has 1 saturated heterocycles. The van der Waals surface area contributed by atoms with Gasteiger partial charge in [0, 0.05) is 32.6 Å². The van der Waals surface area contributed by atoms with Crippen LogP contribution in [0.2, 0.25) is 0 Å². The largest absolute Gasteiger partial charge is 0.497 e. The number of benzene rings is 3. The Bertz CT molecular complexity index is 1250. The van der Waals surface area contributed by atoms with Gasteiger partial charge in [-0.25, -0.2) is 0 Å². The molecule has 0 saturated carbocycles. The molecular weight excluding hydrogens is 514 g/mol. The first kappa shape index (κ1) is 30.1. The zero-order valence-corrected chi connectivity index (χ0v) is 24.3. The summed E-state index contributed by atoms with van der Waals surface area (Å²) in [6.45, 7) is 5.41. The first-order valence-corrected chi connectivity index (χ1v) is 14.6. The molecule has 218 valence electrons. The fourth-order valence-corrected chi connectivity index (χ4v) is 5.46. The van der Waals surface area contributed by atoms with E-state index in [-0.39, 0.29) is 30.2 Å². The van der Waals surface area contributed by atoms with Crippen LogP contribution < -0.4 is 20.1 Å². The maximum Gasteiger partial charge on any atom is 0.236 e. The number of hydrogen-bond donors (Lipinski definition) is 2. The van der Waals surface area contributed by atoms with E-state index in [0.717, 1.165) is 47.5 Å². The van der Waals surface area contributed by atoms with E-state index >= 15 is 0 Å². The zero-order valence-electron chi connectivity index (χ0n) is 24.3. The van der Waals surface area contributed by atoms with E-state index in [9.17, 15) is 9.59 Å². The fourth-order valence-electron chi connectivity index (χ4n) is 5.46. The van der Waals surface area contributed by atoms with Gasteiger partial charge in [0.25, 0.3) is 0 Å². The van der Waals surface area contributed by atoms with Gasteiger partial charge in [-0.1, -0.05) is 60.7 Å². The van der Waals surface area contributed by atoms with Gasteiger partial charge in [0.2, 0.25) is 11.8 Å². The number of nitrogens with one attached hydrogen (secondary N) is 2. The molecular formula is C34H43N3O4. The van der Waals surface area contributed by atoms with Crippen LogP contribution >= 0.6 is 0 Å². The summed E-state index contributed by atoms with van der Waals surface area (Å²) < 4.78 is 11.3. The summed E-state index contributed by atoms with van der Waals surface area (Å²) in [5.41, 5.74) is 3.29. The second-order valence-electron chi connectivity index (χ2n) is 10.8. The van der Waals surface area contributed by atoms with Crippen LogP contribution in [0.25, 0.3) is 0 Å². The molecule has 7 heteroatoms. The average molecular weight is 558 g/mol. The van der Waals surface area contributed by atoms with E-state index in [1.165, 1.54) is 0 Å². The summed E-state index contributed by atoms with van der Waals surface area (Å²) in [6, 6.07) is 25.9. The number of carbonyl (C=O) groups is 2. The van der Waals surface area contributed by atoms with Gasteiger partial charge in [0.1, 0.15) is 11.5 Å². The summed E-state index contributed by atoms with van der Waals surface area (Å²) in [7, 11) is 1.65. The van der Waals surface area contributed by atoms with Crippen LogP contribution in [-0.4, -0.2) is 50.1 Å². The first-order valence-electron chi connectivity index (χ1n) is 14.6. The minimum absolute atomic E-state index is 0.0692. The molecule has 3 aromatic rings. The molecule has 0 radical (unpaired) electrons. The molecule has 1 fully saturated rings. The van der Waals surface area contributed by atoms with E-state index < -0.39 is 0 Å². The number of hydrogen-bond acceptors (Lipinski definition) is 5. The molecule has 0 unspecified atom stereocenters. The standard InChI is InChI=1S/C34H43N3O4/c1-26-10-6-7-16-32(26)41-19-9-14-30-25-37(34(39)24-35-22-28-13-8-15-31(20-28)40-2)18-17-29(30)21-33(38)36-23-27-11-4-3-5-12-27/h3-8,10-13,15-16,20,29-30,35H,9,14,17-19,21-25H2,1-2H3,(H,36,38)/t29-,30-/m0/s1. The topological polar surface area (TPSA) is 79.9 Å². The summed E-state index contributed by atoms with van der Waals surface area (Å²) in [5.74, 6) is 2.36. The van der Waals surface area contributed by atoms with Crippen LogP contribution in [0.3, 0.4) is 0 Å². The third-order valence-corrected chi connectivity index (χ3v) is 7.83. The van der Waals surface area contributed by atoms with Crippen molar-refractivity contribution in [2.45, 2.75) is 45.7 Å². The number of aryl methyl sites for hydroxylation is 1. The van der Waals surface area contributed by atoms with Crippen LogP contribution in [0.5, 0.6) is 11.5 Å². The Morgan fingerprint density at radius 2 is 1.71 bits per heavy atom. The van der Waals surface area contributed by atoms with Crippen LogP contribution in [0, 0.1) is 18.8 Å². The van der Waals surface area contributed by atoms with E-state index in [4.69, 9.17) is 9.47 Å². The highest BCUT2D eigenvalue weighted by Crippen LogP contribution is 2.30. The molecule has 1 aliphatic rings. The molecule has 4 rings (SSSR count). The smallest absolute Gasteiger partial charge is 0.236 e. The van der Waals surface area contributed by atoms with Crippen LogP contribution in [0.1, 0.15) is 42.4 Å². The van der Waals surface area contributed by atoms with E-state index in [1.54, 1.807) is 7.11 Å². The number of nitrogens with zero attached hydrogens (tertiary/aromatic N) is 1. The molecule has 0 aromatic heterocycles. The molecule has 41 heavy (non-hydrogen) atoms. The monoisotopic (exact) mass is 557 g/mol. The second-order valence-corrected chi connectivity index (χ2v) is 10.8. The summed E-state index contributed by atoms with van der Waals surface area (Å²) in [5, 5.41) is 6.37. The predicted molar refractivity (Wildman–Crippen MR) is 162 cm³/mol. The lowest BCUT2D eigenvalue weighted by Crippen LogP contribution is -2.47. The molecule has 2 amide bonds.